The summed E-state index contributed by atoms with van der Waals surface area (Å²) in [7, 11) is -3.64. The van der Waals surface area contributed by atoms with Gasteiger partial charge in [-0.25, -0.2) is 8.42 Å². The summed E-state index contributed by atoms with van der Waals surface area (Å²) in [6.45, 7) is 4.01. The summed E-state index contributed by atoms with van der Waals surface area (Å²) in [4.78, 5) is 1.01. The first-order valence-corrected chi connectivity index (χ1v) is 8.08. The van der Waals surface area contributed by atoms with E-state index in [2.05, 4.69) is 10.2 Å². The number of nitrogens with two attached hydrogens (primary N) is 1. The van der Waals surface area contributed by atoms with Crippen molar-refractivity contribution in [3.05, 3.63) is 28.6 Å². The van der Waals surface area contributed by atoms with Gasteiger partial charge in [-0.2, -0.15) is 9.40 Å². The van der Waals surface area contributed by atoms with Crippen molar-refractivity contribution in [3.8, 4) is 0 Å². The highest BCUT2D eigenvalue weighted by Gasteiger charge is 2.30. The van der Waals surface area contributed by atoms with Crippen LogP contribution < -0.4 is 5.73 Å². The summed E-state index contributed by atoms with van der Waals surface area (Å²) in [5.41, 5.74) is 5.62. The molecule has 2 aromatic heterocycles. The lowest BCUT2D eigenvalue weighted by molar-refractivity contribution is 0.350. The lowest BCUT2D eigenvalue weighted by atomic mass is 10.4. The molecule has 6 nitrogen and oxygen atoms in total. The standard InChI is InChI=1S/C11H16N4O2S2/c1-8(2)15(7-9-4-3-5-18-9)19(16,17)10-6-13-14-11(10)12/h3-6,8H,7H2,1-2H3,(H3,12,13,14). The zero-order valence-corrected chi connectivity index (χ0v) is 12.3. The second-order valence-corrected chi connectivity index (χ2v) is 7.26. The number of aromatic nitrogens is 2. The van der Waals surface area contributed by atoms with E-state index in [1.165, 1.54) is 21.8 Å². The largest absolute Gasteiger partial charge is 0.383 e. The average molecular weight is 300 g/mol. The van der Waals surface area contributed by atoms with E-state index in [4.69, 9.17) is 5.73 Å². The van der Waals surface area contributed by atoms with E-state index in [1.807, 2.05) is 31.4 Å². The minimum Gasteiger partial charge on any atom is -0.383 e. The summed E-state index contributed by atoms with van der Waals surface area (Å²) in [5.74, 6) is 0.0665. The third-order valence-corrected chi connectivity index (χ3v) is 5.60. The van der Waals surface area contributed by atoms with Crippen LogP contribution in [0.4, 0.5) is 5.82 Å². The maximum absolute atomic E-state index is 12.6. The lowest BCUT2D eigenvalue weighted by Gasteiger charge is -2.24. The van der Waals surface area contributed by atoms with Crippen molar-refractivity contribution in [1.82, 2.24) is 14.5 Å². The van der Waals surface area contributed by atoms with Gasteiger partial charge in [-0.15, -0.1) is 11.3 Å². The van der Waals surface area contributed by atoms with Gasteiger partial charge < -0.3 is 5.73 Å². The Morgan fingerprint density at radius 2 is 2.26 bits per heavy atom. The number of anilines is 1. The van der Waals surface area contributed by atoms with E-state index >= 15 is 0 Å². The van der Waals surface area contributed by atoms with Gasteiger partial charge in [-0.1, -0.05) is 6.07 Å². The summed E-state index contributed by atoms with van der Waals surface area (Å²) in [6.07, 6.45) is 1.24. The smallest absolute Gasteiger partial charge is 0.248 e. The molecular formula is C11H16N4O2S2. The molecule has 2 rings (SSSR count). The molecule has 3 N–H and O–H groups in total. The minimum atomic E-state index is -3.64. The average Bonchev–Trinajstić information content (AvgIpc) is 2.95. The van der Waals surface area contributed by atoms with Crippen molar-refractivity contribution in [2.24, 2.45) is 0 Å². The summed E-state index contributed by atoms with van der Waals surface area (Å²) in [5, 5.41) is 8.05. The van der Waals surface area contributed by atoms with Crippen LogP contribution >= 0.6 is 11.3 Å². The van der Waals surface area contributed by atoms with E-state index in [1.54, 1.807) is 0 Å². The Bertz CT molecular complexity index is 631. The maximum Gasteiger partial charge on any atom is 0.248 e. The Balaban J connectivity index is 2.36. The number of sulfonamides is 1. The molecule has 0 unspecified atom stereocenters. The highest BCUT2D eigenvalue weighted by atomic mass is 32.2. The van der Waals surface area contributed by atoms with Crippen LogP contribution in [0.1, 0.15) is 18.7 Å². The van der Waals surface area contributed by atoms with Crippen molar-refractivity contribution >= 4 is 27.2 Å². The van der Waals surface area contributed by atoms with Crippen molar-refractivity contribution < 1.29 is 8.42 Å². The van der Waals surface area contributed by atoms with E-state index in [9.17, 15) is 8.42 Å². The quantitative estimate of drug-likeness (QED) is 0.878. The molecule has 0 radical (unpaired) electrons. The molecule has 0 amide bonds. The van der Waals surface area contributed by atoms with Crippen LogP contribution in [0.3, 0.4) is 0 Å². The van der Waals surface area contributed by atoms with Gasteiger partial charge in [0, 0.05) is 17.5 Å². The number of H-pyrrole nitrogens is 1. The number of rotatable bonds is 5. The molecule has 0 saturated carbocycles. The topological polar surface area (TPSA) is 92.1 Å². The molecule has 0 aromatic carbocycles. The highest BCUT2D eigenvalue weighted by molar-refractivity contribution is 7.89. The monoisotopic (exact) mass is 300 g/mol. The first kappa shape index (κ1) is 14.0. The number of nitrogens with zero attached hydrogens (tertiary/aromatic N) is 2. The fraction of sp³-hybridized carbons (Fsp3) is 0.364. The fourth-order valence-electron chi connectivity index (χ4n) is 1.72. The molecule has 2 aromatic rings. The Labute approximate surface area is 116 Å². The molecule has 2 heterocycles. The maximum atomic E-state index is 12.6. The molecule has 0 aliphatic heterocycles. The second-order valence-electron chi connectivity index (χ2n) is 4.37. The molecule has 0 atom stereocenters. The normalized spacial score (nSPS) is 12.4. The second kappa shape index (κ2) is 5.32. The van der Waals surface area contributed by atoms with Gasteiger partial charge in [0.1, 0.15) is 10.7 Å². The molecule has 0 aliphatic rings. The van der Waals surface area contributed by atoms with Crippen LogP contribution in [0.25, 0.3) is 0 Å². The van der Waals surface area contributed by atoms with Crippen LogP contribution in [0.2, 0.25) is 0 Å². The lowest BCUT2D eigenvalue weighted by Crippen LogP contribution is -2.36. The van der Waals surface area contributed by atoms with Crippen LogP contribution in [-0.4, -0.2) is 29.0 Å². The summed E-state index contributed by atoms with van der Waals surface area (Å²) >= 11 is 1.53. The number of hydrogen-bond donors (Lipinski definition) is 2. The van der Waals surface area contributed by atoms with E-state index < -0.39 is 10.0 Å². The third-order valence-electron chi connectivity index (χ3n) is 2.69. The van der Waals surface area contributed by atoms with Gasteiger partial charge in [-0.3, -0.25) is 5.10 Å². The number of aromatic amines is 1. The zero-order chi connectivity index (χ0) is 14.0. The number of nitrogens with one attached hydrogen (secondary N) is 1. The summed E-state index contributed by atoms with van der Waals surface area (Å²) < 4.78 is 26.6. The molecule has 19 heavy (non-hydrogen) atoms. The molecule has 0 fully saturated rings. The minimum absolute atomic E-state index is 0.0257. The number of nitrogen functional groups attached to an aromatic ring is 1. The Kier molecular flexibility index (Phi) is 3.93. The Morgan fingerprint density at radius 1 is 1.53 bits per heavy atom. The molecule has 0 saturated heterocycles. The number of thiophene rings is 1. The van der Waals surface area contributed by atoms with Gasteiger partial charge >= 0.3 is 0 Å². The van der Waals surface area contributed by atoms with Gasteiger partial charge in [0.15, 0.2) is 0 Å². The van der Waals surface area contributed by atoms with Crippen LogP contribution in [0.5, 0.6) is 0 Å². The fourth-order valence-corrected chi connectivity index (χ4v) is 4.13. The van der Waals surface area contributed by atoms with Crippen molar-refractivity contribution in [1.29, 1.82) is 0 Å². The predicted molar refractivity (Wildman–Crippen MR) is 75.2 cm³/mol. The van der Waals surface area contributed by atoms with E-state index in [-0.39, 0.29) is 16.8 Å². The van der Waals surface area contributed by atoms with Crippen LogP contribution in [-0.2, 0) is 16.6 Å². The SMILES string of the molecule is CC(C)N(Cc1cccs1)S(=O)(=O)c1cn[nH]c1N. The first-order chi connectivity index (χ1) is 8.93. The van der Waals surface area contributed by atoms with Crippen molar-refractivity contribution in [3.63, 3.8) is 0 Å². The molecular weight excluding hydrogens is 284 g/mol. The van der Waals surface area contributed by atoms with Gasteiger partial charge in [0.2, 0.25) is 10.0 Å². The molecule has 0 spiro atoms. The van der Waals surface area contributed by atoms with E-state index in [0.717, 1.165) is 4.88 Å². The van der Waals surface area contributed by atoms with Gasteiger partial charge in [0.05, 0.1) is 6.20 Å². The zero-order valence-electron chi connectivity index (χ0n) is 10.7. The molecule has 0 bridgehead atoms. The Hall–Kier alpha value is -1.38. The predicted octanol–water partition coefficient (Wildman–Crippen LogP) is 1.65. The number of hydrogen-bond acceptors (Lipinski definition) is 5. The molecule has 8 heteroatoms. The Morgan fingerprint density at radius 3 is 2.74 bits per heavy atom. The van der Waals surface area contributed by atoms with Crippen molar-refractivity contribution in [2.75, 3.05) is 5.73 Å². The van der Waals surface area contributed by atoms with Crippen LogP contribution in [0, 0.1) is 0 Å². The van der Waals surface area contributed by atoms with Gasteiger partial charge in [0.25, 0.3) is 0 Å². The highest BCUT2D eigenvalue weighted by Crippen LogP contribution is 2.25. The third kappa shape index (κ3) is 2.80. The van der Waals surface area contributed by atoms with E-state index in [0.29, 0.717) is 6.54 Å². The molecule has 0 aliphatic carbocycles. The van der Waals surface area contributed by atoms with Gasteiger partial charge in [-0.05, 0) is 25.3 Å². The first-order valence-electron chi connectivity index (χ1n) is 5.76. The van der Waals surface area contributed by atoms with Crippen LogP contribution in [0.15, 0.2) is 28.6 Å². The summed E-state index contributed by atoms with van der Waals surface area (Å²) in [6, 6.07) is 3.65. The van der Waals surface area contributed by atoms with Crippen molar-refractivity contribution in [2.45, 2.75) is 31.3 Å². The molecule has 104 valence electrons.